The molecule has 19 heavy (non-hydrogen) atoms. The molecule has 1 atom stereocenters. The van der Waals surface area contributed by atoms with E-state index in [1.165, 1.54) is 11.3 Å². The predicted molar refractivity (Wildman–Crippen MR) is 81.9 cm³/mol. The van der Waals surface area contributed by atoms with E-state index in [1.807, 2.05) is 13.8 Å². The molecule has 0 bridgehead atoms. The van der Waals surface area contributed by atoms with Gasteiger partial charge in [-0.3, -0.25) is 0 Å². The molecule has 1 aromatic heterocycles. The zero-order valence-electron chi connectivity index (χ0n) is 11.1. The SMILES string of the molecule is CCNCc1cc(S(=O)(=O)NC(C)C2CC2)c(Br)s1. The summed E-state index contributed by atoms with van der Waals surface area (Å²) in [6.45, 7) is 5.54. The van der Waals surface area contributed by atoms with E-state index in [4.69, 9.17) is 0 Å². The normalized spacial score (nSPS) is 17.6. The van der Waals surface area contributed by atoms with E-state index >= 15 is 0 Å². The molecular weight excluding hydrogens is 348 g/mol. The molecule has 0 aromatic carbocycles. The van der Waals surface area contributed by atoms with E-state index < -0.39 is 10.0 Å². The van der Waals surface area contributed by atoms with Crippen LogP contribution in [0.2, 0.25) is 0 Å². The predicted octanol–water partition coefficient (Wildman–Crippen LogP) is 2.70. The number of halogens is 1. The van der Waals surface area contributed by atoms with Crippen molar-refractivity contribution in [2.24, 2.45) is 5.92 Å². The summed E-state index contributed by atoms with van der Waals surface area (Å²) in [5, 5.41) is 3.20. The lowest BCUT2D eigenvalue weighted by molar-refractivity contribution is 0.538. The largest absolute Gasteiger partial charge is 0.312 e. The molecule has 0 spiro atoms. The first-order valence-corrected chi connectivity index (χ1v) is 9.54. The molecule has 2 rings (SSSR count). The van der Waals surface area contributed by atoms with Crippen LogP contribution in [-0.4, -0.2) is 21.0 Å². The molecule has 1 fully saturated rings. The van der Waals surface area contributed by atoms with Gasteiger partial charge in [0.2, 0.25) is 10.0 Å². The van der Waals surface area contributed by atoms with Crippen LogP contribution < -0.4 is 10.0 Å². The maximum atomic E-state index is 12.3. The number of hydrogen-bond donors (Lipinski definition) is 2. The van der Waals surface area contributed by atoms with Gasteiger partial charge < -0.3 is 5.32 Å². The Morgan fingerprint density at radius 3 is 2.79 bits per heavy atom. The first-order valence-electron chi connectivity index (χ1n) is 6.45. The van der Waals surface area contributed by atoms with Gasteiger partial charge in [-0.05, 0) is 54.2 Å². The summed E-state index contributed by atoms with van der Waals surface area (Å²) < 4.78 is 28.1. The highest BCUT2D eigenvalue weighted by Crippen LogP contribution is 2.35. The van der Waals surface area contributed by atoms with Gasteiger partial charge in [-0.2, -0.15) is 0 Å². The van der Waals surface area contributed by atoms with Crippen LogP contribution in [-0.2, 0) is 16.6 Å². The maximum absolute atomic E-state index is 12.3. The summed E-state index contributed by atoms with van der Waals surface area (Å²) in [6, 6.07) is 1.77. The smallest absolute Gasteiger partial charge is 0.242 e. The molecule has 0 saturated heterocycles. The Morgan fingerprint density at radius 2 is 2.21 bits per heavy atom. The standard InChI is InChI=1S/C12H19BrN2O2S2/c1-3-14-7-10-6-11(12(13)18-10)19(16,17)15-8(2)9-4-5-9/h6,8-9,14-15H,3-5,7H2,1-2H3. The summed E-state index contributed by atoms with van der Waals surface area (Å²) in [4.78, 5) is 1.38. The summed E-state index contributed by atoms with van der Waals surface area (Å²) in [7, 11) is -3.41. The third-order valence-corrected chi connectivity index (χ3v) is 7.03. The Kier molecular flexibility index (Phi) is 5.05. The first-order chi connectivity index (χ1) is 8.94. The van der Waals surface area contributed by atoms with Crippen LogP contribution in [0.25, 0.3) is 0 Å². The van der Waals surface area contributed by atoms with Crippen LogP contribution in [0, 0.1) is 5.92 Å². The second-order valence-corrected chi connectivity index (χ2v) is 9.02. The Morgan fingerprint density at radius 1 is 1.53 bits per heavy atom. The average molecular weight is 367 g/mol. The quantitative estimate of drug-likeness (QED) is 0.779. The van der Waals surface area contributed by atoms with Crippen molar-refractivity contribution >= 4 is 37.3 Å². The molecule has 1 saturated carbocycles. The molecule has 1 aromatic rings. The van der Waals surface area contributed by atoms with Gasteiger partial charge >= 0.3 is 0 Å². The lowest BCUT2D eigenvalue weighted by Gasteiger charge is -2.12. The fourth-order valence-electron chi connectivity index (χ4n) is 1.92. The van der Waals surface area contributed by atoms with Gasteiger partial charge in [0.15, 0.2) is 0 Å². The number of thiophene rings is 1. The Bertz CT molecular complexity index is 538. The summed E-state index contributed by atoms with van der Waals surface area (Å²) >= 11 is 4.83. The maximum Gasteiger partial charge on any atom is 0.242 e. The van der Waals surface area contributed by atoms with Gasteiger partial charge in [0.25, 0.3) is 0 Å². The van der Waals surface area contributed by atoms with Crippen molar-refractivity contribution in [1.29, 1.82) is 0 Å². The van der Waals surface area contributed by atoms with Crippen molar-refractivity contribution < 1.29 is 8.42 Å². The zero-order valence-corrected chi connectivity index (χ0v) is 14.3. The molecule has 0 amide bonds. The second-order valence-electron chi connectivity index (χ2n) is 4.88. The lowest BCUT2D eigenvalue weighted by Crippen LogP contribution is -2.33. The molecule has 1 aliphatic rings. The molecule has 0 aliphatic heterocycles. The lowest BCUT2D eigenvalue weighted by atomic mass is 10.2. The van der Waals surface area contributed by atoms with Gasteiger partial charge in [0, 0.05) is 17.5 Å². The number of nitrogens with one attached hydrogen (secondary N) is 2. The van der Waals surface area contributed by atoms with Crippen LogP contribution in [0.4, 0.5) is 0 Å². The fourth-order valence-corrected chi connectivity index (χ4v) is 5.88. The van der Waals surface area contributed by atoms with Crippen molar-refractivity contribution in [2.45, 2.75) is 44.2 Å². The number of rotatable bonds is 7. The van der Waals surface area contributed by atoms with E-state index in [0.717, 1.165) is 24.3 Å². The molecule has 1 aliphatic carbocycles. The van der Waals surface area contributed by atoms with Crippen LogP contribution in [0.15, 0.2) is 14.7 Å². The summed E-state index contributed by atoms with van der Waals surface area (Å²) in [5.41, 5.74) is 0. The van der Waals surface area contributed by atoms with Crippen LogP contribution in [0.1, 0.15) is 31.6 Å². The van der Waals surface area contributed by atoms with Crippen LogP contribution in [0.5, 0.6) is 0 Å². The minimum Gasteiger partial charge on any atom is -0.312 e. The van der Waals surface area contributed by atoms with Crippen molar-refractivity contribution in [3.05, 3.63) is 14.7 Å². The van der Waals surface area contributed by atoms with Crippen molar-refractivity contribution in [1.82, 2.24) is 10.0 Å². The highest BCUT2D eigenvalue weighted by molar-refractivity contribution is 9.11. The molecular formula is C12H19BrN2O2S2. The van der Waals surface area contributed by atoms with Gasteiger partial charge in [0.05, 0.1) is 3.79 Å². The van der Waals surface area contributed by atoms with E-state index in [-0.39, 0.29) is 6.04 Å². The van der Waals surface area contributed by atoms with Gasteiger partial charge in [-0.1, -0.05) is 6.92 Å². The third-order valence-electron chi connectivity index (χ3n) is 3.22. The average Bonchev–Trinajstić information content (AvgIpc) is 3.10. The molecule has 0 radical (unpaired) electrons. The summed E-state index contributed by atoms with van der Waals surface area (Å²) in [5.74, 6) is 0.508. The third kappa shape index (κ3) is 4.01. The molecule has 2 N–H and O–H groups in total. The van der Waals surface area contributed by atoms with Crippen molar-refractivity contribution in [2.75, 3.05) is 6.54 Å². The Labute approximate surface area is 127 Å². The van der Waals surface area contributed by atoms with Gasteiger partial charge in [-0.25, -0.2) is 13.1 Å². The number of sulfonamides is 1. The minimum atomic E-state index is -3.41. The Hall–Kier alpha value is 0.0500. The summed E-state index contributed by atoms with van der Waals surface area (Å²) in [6.07, 6.45) is 2.25. The Balaban J connectivity index is 2.12. The van der Waals surface area contributed by atoms with Gasteiger partial charge in [0.1, 0.15) is 4.90 Å². The van der Waals surface area contributed by atoms with Crippen LogP contribution in [0.3, 0.4) is 0 Å². The molecule has 1 unspecified atom stereocenters. The molecule has 4 nitrogen and oxygen atoms in total. The highest BCUT2D eigenvalue weighted by Gasteiger charge is 2.32. The molecule has 1 heterocycles. The van der Waals surface area contributed by atoms with E-state index in [9.17, 15) is 8.42 Å². The zero-order chi connectivity index (χ0) is 14.0. The second kappa shape index (κ2) is 6.22. The number of hydrogen-bond acceptors (Lipinski definition) is 4. The molecule has 7 heteroatoms. The van der Waals surface area contributed by atoms with E-state index in [2.05, 4.69) is 26.0 Å². The van der Waals surface area contributed by atoms with E-state index in [1.54, 1.807) is 6.07 Å². The van der Waals surface area contributed by atoms with Crippen molar-refractivity contribution in [3.8, 4) is 0 Å². The van der Waals surface area contributed by atoms with Gasteiger partial charge in [-0.15, -0.1) is 11.3 Å². The molecule has 108 valence electrons. The highest BCUT2D eigenvalue weighted by atomic mass is 79.9. The minimum absolute atomic E-state index is 0.0222. The topological polar surface area (TPSA) is 58.2 Å². The van der Waals surface area contributed by atoms with E-state index in [0.29, 0.717) is 21.1 Å². The fraction of sp³-hybridized carbons (Fsp3) is 0.667. The first kappa shape index (κ1) is 15.4. The monoisotopic (exact) mass is 366 g/mol. The van der Waals surface area contributed by atoms with Crippen LogP contribution >= 0.6 is 27.3 Å². The van der Waals surface area contributed by atoms with Crippen molar-refractivity contribution in [3.63, 3.8) is 0 Å².